The van der Waals surface area contributed by atoms with E-state index < -0.39 is 35.6 Å². The summed E-state index contributed by atoms with van der Waals surface area (Å²) in [5, 5.41) is 5.69. The lowest BCUT2D eigenvalue weighted by molar-refractivity contribution is -0.136. The van der Waals surface area contributed by atoms with E-state index in [9.17, 15) is 14.4 Å². The Balaban J connectivity index is 2.48. The SMILES string of the molecule is C#CN(C(=O)C(C)NC(=O)OC(C)(C)C)C(C(=O)Nc1c(C)cccc1Cl)c1c(C)cccc1C. The van der Waals surface area contributed by atoms with Gasteiger partial charge < -0.3 is 15.4 Å². The summed E-state index contributed by atoms with van der Waals surface area (Å²) in [5.74, 6) is -1.17. The third-order valence-corrected chi connectivity index (χ3v) is 5.59. The van der Waals surface area contributed by atoms with Crippen molar-refractivity contribution in [2.75, 3.05) is 5.32 Å². The minimum atomic E-state index is -1.17. The molecule has 8 heteroatoms. The molecule has 0 aliphatic carbocycles. The van der Waals surface area contributed by atoms with Crippen molar-refractivity contribution < 1.29 is 19.1 Å². The molecule has 0 fully saturated rings. The van der Waals surface area contributed by atoms with E-state index in [2.05, 4.69) is 16.7 Å². The van der Waals surface area contributed by atoms with Crippen LogP contribution in [0.15, 0.2) is 36.4 Å². The second-order valence-electron chi connectivity index (χ2n) is 9.33. The van der Waals surface area contributed by atoms with Crippen LogP contribution in [0.4, 0.5) is 10.5 Å². The summed E-state index contributed by atoms with van der Waals surface area (Å²) in [4.78, 5) is 40.3. The number of terminal acetylenes is 1. The van der Waals surface area contributed by atoms with Gasteiger partial charge in [-0.15, -0.1) is 0 Å². The summed E-state index contributed by atoms with van der Waals surface area (Å²) in [6, 6.07) is 10.9. The average Bonchev–Trinajstić information content (AvgIpc) is 2.73. The topological polar surface area (TPSA) is 87.7 Å². The summed E-state index contributed by atoms with van der Waals surface area (Å²) in [5.41, 5.74) is 2.59. The third kappa shape index (κ3) is 7.00. The van der Waals surface area contributed by atoms with E-state index in [0.717, 1.165) is 21.6 Å². The fourth-order valence-corrected chi connectivity index (χ4v) is 3.91. The Labute approximate surface area is 212 Å². The lowest BCUT2D eigenvalue weighted by Crippen LogP contribution is -2.49. The van der Waals surface area contributed by atoms with Crippen LogP contribution in [0, 0.1) is 33.2 Å². The number of carbonyl (C=O) groups is 3. The molecule has 0 aromatic heterocycles. The predicted molar refractivity (Wildman–Crippen MR) is 138 cm³/mol. The maximum atomic E-state index is 13.7. The number of rotatable bonds is 6. The van der Waals surface area contributed by atoms with E-state index in [1.807, 2.05) is 45.0 Å². The van der Waals surface area contributed by atoms with Gasteiger partial charge in [0.2, 0.25) is 0 Å². The van der Waals surface area contributed by atoms with Gasteiger partial charge >= 0.3 is 6.09 Å². The summed E-state index contributed by atoms with van der Waals surface area (Å²) in [7, 11) is 0. The number of amides is 3. The highest BCUT2D eigenvalue weighted by molar-refractivity contribution is 6.34. The number of anilines is 1. The van der Waals surface area contributed by atoms with Gasteiger partial charge in [-0.3, -0.25) is 14.5 Å². The van der Waals surface area contributed by atoms with Gasteiger partial charge in [0, 0.05) is 6.04 Å². The molecule has 2 atom stereocenters. The minimum Gasteiger partial charge on any atom is -0.444 e. The molecule has 2 aromatic carbocycles. The maximum absolute atomic E-state index is 13.7. The summed E-state index contributed by atoms with van der Waals surface area (Å²) >= 11 is 6.33. The Kier molecular flexibility index (Phi) is 8.94. The van der Waals surface area contributed by atoms with Crippen molar-refractivity contribution in [1.29, 1.82) is 0 Å². The molecule has 2 N–H and O–H groups in total. The first-order valence-corrected chi connectivity index (χ1v) is 11.6. The highest BCUT2D eigenvalue weighted by Crippen LogP contribution is 2.31. The minimum absolute atomic E-state index is 0.358. The van der Waals surface area contributed by atoms with Gasteiger partial charge in [0.1, 0.15) is 17.7 Å². The predicted octanol–water partition coefficient (Wildman–Crippen LogP) is 5.28. The number of para-hydroxylation sites is 1. The van der Waals surface area contributed by atoms with Crippen LogP contribution in [-0.2, 0) is 14.3 Å². The number of hydrogen-bond donors (Lipinski definition) is 2. The van der Waals surface area contributed by atoms with E-state index in [-0.39, 0.29) is 0 Å². The zero-order valence-electron chi connectivity index (χ0n) is 21.2. The van der Waals surface area contributed by atoms with Crippen LogP contribution in [0.2, 0.25) is 5.02 Å². The van der Waals surface area contributed by atoms with Gasteiger partial charge in [-0.05, 0) is 76.8 Å². The monoisotopic (exact) mass is 497 g/mol. The van der Waals surface area contributed by atoms with Gasteiger partial charge in [0.25, 0.3) is 11.8 Å². The molecule has 0 radical (unpaired) electrons. The standard InChI is InChI=1S/C27H32ClN3O4/c1-9-31(25(33)19(5)29-26(34)35-27(6,7)8)23(21-16(2)12-10-13-17(21)3)24(32)30-22-18(4)14-11-15-20(22)28/h1,10-15,19,23H,2-8H3,(H,29,34)(H,30,32). The van der Waals surface area contributed by atoms with Crippen molar-refractivity contribution in [3.8, 4) is 12.5 Å². The molecule has 3 amide bonds. The fraction of sp³-hybridized carbons (Fsp3) is 0.370. The average molecular weight is 498 g/mol. The van der Waals surface area contributed by atoms with Crippen molar-refractivity contribution in [3.05, 3.63) is 63.7 Å². The number of carbonyl (C=O) groups excluding carboxylic acids is 3. The van der Waals surface area contributed by atoms with Crippen LogP contribution in [0.1, 0.15) is 56.0 Å². The number of ether oxygens (including phenoxy) is 1. The Morgan fingerprint density at radius 3 is 2.09 bits per heavy atom. The molecule has 0 heterocycles. The number of aryl methyl sites for hydroxylation is 3. The second-order valence-corrected chi connectivity index (χ2v) is 9.74. The molecule has 0 spiro atoms. The fourth-order valence-electron chi connectivity index (χ4n) is 3.64. The quantitative estimate of drug-likeness (QED) is 0.420. The molecular formula is C27H32ClN3O4. The molecule has 0 aliphatic heterocycles. The summed E-state index contributed by atoms with van der Waals surface area (Å²) < 4.78 is 5.24. The van der Waals surface area contributed by atoms with Crippen molar-refractivity contribution in [1.82, 2.24) is 10.2 Å². The highest BCUT2D eigenvalue weighted by Gasteiger charge is 2.36. The van der Waals surface area contributed by atoms with E-state index in [0.29, 0.717) is 16.3 Å². The van der Waals surface area contributed by atoms with Crippen molar-refractivity contribution in [2.24, 2.45) is 0 Å². The van der Waals surface area contributed by atoms with Crippen molar-refractivity contribution in [2.45, 2.75) is 66.2 Å². The van der Waals surface area contributed by atoms with Crippen LogP contribution in [0.3, 0.4) is 0 Å². The smallest absolute Gasteiger partial charge is 0.408 e. The normalized spacial score (nSPS) is 12.7. The van der Waals surface area contributed by atoms with Crippen LogP contribution in [0.5, 0.6) is 0 Å². The highest BCUT2D eigenvalue weighted by atomic mass is 35.5. The van der Waals surface area contributed by atoms with E-state index >= 15 is 0 Å². The molecule has 2 aromatic rings. The number of hydrogen-bond acceptors (Lipinski definition) is 4. The molecule has 2 rings (SSSR count). The molecule has 0 saturated heterocycles. The zero-order chi connectivity index (χ0) is 26.5. The summed E-state index contributed by atoms with van der Waals surface area (Å²) in [6.07, 6.45) is 5.01. The van der Waals surface area contributed by atoms with Crippen LogP contribution < -0.4 is 10.6 Å². The molecule has 35 heavy (non-hydrogen) atoms. The lowest BCUT2D eigenvalue weighted by Gasteiger charge is -2.31. The van der Waals surface area contributed by atoms with E-state index in [1.54, 1.807) is 32.9 Å². The Morgan fingerprint density at radius 2 is 1.57 bits per heavy atom. The number of nitrogens with zero attached hydrogens (tertiary/aromatic N) is 1. The Bertz CT molecular complexity index is 1120. The third-order valence-electron chi connectivity index (χ3n) is 5.27. The van der Waals surface area contributed by atoms with Gasteiger partial charge in [-0.2, -0.15) is 0 Å². The largest absolute Gasteiger partial charge is 0.444 e. The molecule has 0 bridgehead atoms. The molecular weight excluding hydrogens is 466 g/mol. The molecule has 186 valence electrons. The molecule has 7 nitrogen and oxygen atoms in total. The second kappa shape index (κ2) is 11.3. The lowest BCUT2D eigenvalue weighted by atomic mass is 9.94. The molecule has 0 aliphatic rings. The summed E-state index contributed by atoms with van der Waals surface area (Å²) in [6.45, 7) is 12.1. The maximum Gasteiger partial charge on any atom is 0.408 e. The Morgan fingerprint density at radius 1 is 1.03 bits per heavy atom. The number of benzene rings is 2. The van der Waals surface area contributed by atoms with Crippen LogP contribution in [0.25, 0.3) is 0 Å². The zero-order valence-corrected chi connectivity index (χ0v) is 21.9. The molecule has 2 unspecified atom stereocenters. The Hall–Kier alpha value is -3.50. The number of halogens is 1. The van der Waals surface area contributed by atoms with E-state index in [4.69, 9.17) is 22.8 Å². The first kappa shape index (κ1) is 27.7. The van der Waals surface area contributed by atoms with Crippen molar-refractivity contribution in [3.63, 3.8) is 0 Å². The first-order valence-electron chi connectivity index (χ1n) is 11.2. The van der Waals surface area contributed by atoms with Gasteiger partial charge in [0.15, 0.2) is 0 Å². The van der Waals surface area contributed by atoms with Gasteiger partial charge in [0.05, 0.1) is 10.7 Å². The molecule has 0 saturated carbocycles. The number of nitrogens with one attached hydrogen (secondary N) is 2. The van der Waals surface area contributed by atoms with Gasteiger partial charge in [-0.1, -0.05) is 48.4 Å². The van der Waals surface area contributed by atoms with Gasteiger partial charge in [-0.25, -0.2) is 4.79 Å². The first-order chi connectivity index (χ1) is 16.3. The van der Waals surface area contributed by atoms with Crippen molar-refractivity contribution >= 4 is 35.2 Å². The van der Waals surface area contributed by atoms with E-state index in [1.165, 1.54) is 6.92 Å². The number of alkyl carbamates (subject to hydrolysis) is 1. The van der Waals surface area contributed by atoms with Crippen LogP contribution in [-0.4, -0.2) is 34.5 Å². The van der Waals surface area contributed by atoms with Crippen LogP contribution >= 0.6 is 11.6 Å².